The van der Waals surface area contributed by atoms with Gasteiger partial charge in [0, 0.05) is 6.16 Å². The summed E-state index contributed by atoms with van der Waals surface area (Å²) in [4.78, 5) is 11.3. The molecule has 0 radical (unpaired) electrons. The number of esters is 1. The second-order valence-corrected chi connectivity index (χ2v) is 6.51. The molecule has 0 bridgehead atoms. The molecule has 0 aromatic heterocycles. The molecule has 0 aliphatic heterocycles. The number of carbonyl (C=O) groups excluding carboxylic acids is 1. The van der Waals surface area contributed by atoms with Gasteiger partial charge in [-0.05, 0) is 12.1 Å². The van der Waals surface area contributed by atoms with E-state index in [2.05, 4.69) is 0 Å². The van der Waals surface area contributed by atoms with Crippen molar-refractivity contribution < 1.29 is 18.8 Å². The van der Waals surface area contributed by atoms with Crippen molar-refractivity contribution in [3.8, 4) is 5.75 Å². The van der Waals surface area contributed by atoms with E-state index in [4.69, 9.17) is 32.7 Å². The quantitative estimate of drug-likeness (QED) is 0.394. The van der Waals surface area contributed by atoms with E-state index in [-0.39, 0.29) is 31.0 Å². The topological polar surface area (TPSA) is 52.6 Å². The molecule has 112 valence electrons. The van der Waals surface area contributed by atoms with Crippen LogP contribution in [0.4, 0.5) is 0 Å². The predicted molar refractivity (Wildman–Crippen MR) is 82.5 cm³/mol. The Morgan fingerprint density at radius 1 is 1.15 bits per heavy atom. The molecule has 7 heteroatoms. The summed E-state index contributed by atoms with van der Waals surface area (Å²) in [7, 11) is -2.10. The predicted octanol–water partition coefficient (Wildman–Crippen LogP) is 2.66. The van der Waals surface area contributed by atoms with E-state index in [1.807, 2.05) is 0 Å². The first-order valence-electron chi connectivity index (χ1n) is 6.21. The van der Waals surface area contributed by atoms with Gasteiger partial charge in [0.25, 0.3) is 0 Å². The van der Waals surface area contributed by atoms with Crippen LogP contribution < -0.4 is 10.0 Å². The number of carbonyl (C=O) groups is 1. The maximum Gasteiger partial charge on any atom is 0.306 e. The third-order valence-electron chi connectivity index (χ3n) is 2.42. The van der Waals surface area contributed by atoms with E-state index in [0.29, 0.717) is 23.5 Å². The van der Waals surface area contributed by atoms with Gasteiger partial charge in [0.1, 0.15) is 26.8 Å². The molecule has 0 aliphatic carbocycles. The van der Waals surface area contributed by atoms with Crippen molar-refractivity contribution in [2.45, 2.75) is 6.42 Å². The summed E-state index contributed by atoms with van der Waals surface area (Å²) in [5.41, 5.74) is 0. The van der Waals surface area contributed by atoms with Crippen molar-refractivity contribution in [2.75, 3.05) is 31.1 Å². The van der Waals surface area contributed by atoms with Crippen molar-refractivity contribution >= 4 is 42.3 Å². The lowest BCUT2D eigenvalue weighted by molar-refractivity contribution is -0.142. The van der Waals surface area contributed by atoms with Gasteiger partial charge in [-0.2, -0.15) is 0 Å². The third kappa shape index (κ3) is 6.17. The van der Waals surface area contributed by atoms with Gasteiger partial charge in [0.05, 0.1) is 23.5 Å². The van der Waals surface area contributed by atoms with Crippen LogP contribution in [0, 0.1) is 0 Å². The zero-order valence-corrected chi connectivity index (χ0v) is 13.5. The molecule has 0 N–H and O–H groups in total. The number of alkyl halides is 2. The number of rotatable bonds is 9. The molecule has 1 aromatic rings. The molecule has 0 saturated carbocycles. The highest BCUT2D eigenvalue weighted by molar-refractivity contribution is 7.53. The van der Waals surface area contributed by atoms with E-state index in [9.17, 15) is 9.36 Å². The molecule has 1 aromatic carbocycles. The van der Waals surface area contributed by atoms with Gasteiger partial charge in [-0.15, -0.1) is 23.2 Å². The summed E-state index contributed by atoms with van der Waals surface area (Å²) in [5, 5.41) is 0.632. The van der Waals surface area contributed by atoms with Gasteiger partial charge in [-0.25, -0.2) is 0 Å². The first-order chi connectivity index (χ1) is 9.69. The summed E-state index contributed by atoms with van der Waals surface area (Å²) >= 11 is 11.0. The molecule has 4 nitrogen and oxygen atoms in total. The fourth-order valence-electron chi connectivity index (χ4n) is 1.55. The van der Waals surface area contributed by atoms with E-state index in [1.165, 1.54) is 0 Å². The van der Waals surface area contributed by atoms with Gasteiger partial charge >= 0.3 is 5.97 Å². The molecular formula is C13H17Cl2O4P. The lowest BCUT2D eigenvalue weighted by atomic mass is 10.3. The number of benzene rings is 1. The highest BCUT2D eigenvalue weighted by Gasteiger charge is 2.12. The van der Waals surface area contributed by atoms with Crippen LogP contribution >= 0.6 is 31.0 Å². The standard InChI is InChI=1S/C13H17Cl2O4P/c14-6-8-18-11-3-1-2-4-12(11)20(17)10-5-13(16)19-9-7-15/h1-4,20H,5-10H2. The highest BCUT2D eigenvalue weighted by atomic mass is 35.5. The van der Waals surface area contributed by atoms with Gasteiger partial charge < -0.3 is 14.0 Å². The zero-order chi connectivity index (χ0) is 14.8. The van der Waals surface area contributed by atoms with Crippen molar-refractivity contribution in [3.05, 3.63) is 24.3 Å². The third-order valence-corrected chi connectivity index (χ3v) is 4.45. The maximum absolute atomic E-state index is 12.2. The number of hydrogen-bond donors (Lipinski definition) is 0. The SMILES string of the molecule is O=C(CC[PH](=O)c1ccccc1OCCCl)OCCCl. The second kappa shape index (κ2) is 10.1. The Hall–Kier alpha value is -0.700. The van der Waals surface area contributed by atoms with Crippen molar-refractivity contribution in [2.24, 2.45) is 0 Å². The Balaban J connectivity index is 2.56. The minimum absolute atomic E-state index is 0.110. The molecule has 1 rings (SSSR count). The minimum atomic E-state index is -2.10. The number of para-hydroxylation sites is 1. The van der Waals surface area contributed by atoms with Crippen LogP contribution in [0.5, 0.6) is 5.75 Å². The zero-order valence-electron chi connectivity index (χ0n) is 10.9. The van der Waals surface area contributed by atoms with Crippen LogP contribution in [-0.2, 0) is 14.1 Å². The van der Waals surface area contributed by atoms with Crippen LogP contribution in [0.25, 0.3) is 0 Å². The molecule has 1 unspecified atom stereocenters. The van der Waals surface area contributed by atoms with Crippen LogP contribution in [0.1, 0.15) is 6.42 Å². The number of halogens is 2. The fraction of sp³-hybridized carbons (Fsp3) is 0.462. The molecule has 0 saturated heterocycles. The monoisotopic (exact) mass is 338 g/mol. The summed E-state index contributed by atoms with van der Waals surface area (Å²) < 4.78 is 22.5. The molecule has 0 fully saturated rings. The maximum atomic E-state index is 12.2. The van der Waals surface area contributed by atoms with Gasteiger partial charge in [-0.1, -0.05) is 12.1 Å². The van der Waals surface area contributed by atoms with Crippen molar-refractivity contribution in [1.29, 1.82) is 0 Å². The largest absolute Gasteiger partial charge is 0.492 e. The van der Waals surface area contributed by atoms with Crippen LogP contribution in [-0.4, -0.2) is 37.1 Å². The Morgan fingerprint density at radius 3 is 2.55 bits per heavy atom. The summed E-state index contributed by atoms with van der Waals surface area (Å²) in [6.07, 6.45) is 0.367. The first-order valence-corrected chi connectivity index (χ1v) is 8.90. The molecule has 0 amide bonds. The molecule has 0 aliphatic rings. The smallest absolute Gasteiger partial charge is 0.306 e. The Labute approximate surface area is 129 Å². The number of ether oxygens (including phenoxy) is 2. The summed E-state index contributed by atoms with van der Waals surface area (Å²) in [6, 6.07) is 7.08. The Bertz CT molecular complexity index is 454. The van der Waals surface area contributed by atoms with Crippen LogP contribution in [0.3, 0.4) is 0 Å². The van der Waals surface area contributed by atoms with Gasteiger partial charge in [0.15, 0.2) is 0 Å². The van der Waals surface area contributed by atoms with E-state index in [0.717, 1.165) is 0 Å². The van der Waals surface area contributed by atoms with Crippen molar-refractivity contribution in [1.82, 2.24) is 0 Å². The second-order valence-electron chi connectivity index (χ2n) is 3.87. The summed E-state index contributed by atoms with van der Waals surface area (Å²) in [6.45, 7) is 0.530. The summed E-state index contributed by atoms with van der Waals surface area (Å²) in [5.74, 6) is 0.796. The normalized spacial score (nSPS) is 11.9. The molecule has 0 heterocycles. The van der Waals surface area contributed by atoms with E-state index in [1.54, 1.807) is 24.3 Å². The average Bonchev–Trinajstić information content (AvgIpc) is 2.48. The minimum Gasteiger partial charge on any atom is -0.492 e. The van der Waals surface area contributed by atoms with E-state index < -0.39 is 7.80 Å². The Morgan fingerprint density at radius 2 is 1.85 bits per heavy atom. The van der Waals surface area contributed by atoms with Gasteiger partial charge in [0.2, 0.25) is 0 Å². The molecule has 1 atom stereocenters. The highest BCUT2D eigenvalue weighted by Crippen LogP contribution is 2.27. The average molecular weight is 339 g/mol. The fourth-order valence-corrected chi connectivity index (χ4v) is 3.11. The lowest BCUT2D eigenvalue weighted by Gasteiger charge is -2.10. The first kappa shape index (κ1) is 17.4. The molecule has 20 heavy (non-hydrogen) atoms. The molecular weight excluding hydrogens is 322 g/mol. The van der Waals surface area contributed by atoms with Crippen molar-refractivity contribution in [3.63, 3.8) is 0 Å². The Kier molecular flexibility index (Phi) is 8.75. The molecule has 0 spiro atoms. The van der Waals surface area contributed by atoms with Gasteiger partial charge in [-0.3, -0.25) is 4.79 Å². The van der Waals surface area contributed by atoms with E-state index >= 15 is 0 Å². The lowest BCUT2D eigenvalue weighted by Crippen LogP contribution is -2.11. The van der Waals surface area contributed by atoms with Crippen LogP contribution in [0.2, 0.25) is 0 Å². The van der Waals surface area contributed by atoms with Crippen LogP contribution in [0.15, 0.2) is 24.3 Å². The number of hydrogen-bond acceptors (Lipinski definition) is 4.